The van der Waals surface area contributed by atoms with E-state index in [4.69, 9.17) is 0 Å². The van der Waals surface area contributed by atoms with Crippen LogP contribution in [0.4, 0.5) is 0 Å². The van der Waals surface area contributed by atoms with E-state index in [1.54, 1.807) is 0 Å². The third-order valence-corrected chi connectivity index (χ3v) is 2.62. The lowest BCUT2D eigenvalue weighted by Gasteiger charge is -2.21. The van der Waals surface area contributed by atoms with E-state index in [0.29, 0.717) is 0 Å². The molecule has 0 radical (unpaired) electrons. The molecule has 100 valence electrons. The molecule has 1 aliphatic rings. The lowest BCUT2D eigenvalue weighted by molar-refractivity contribution is 0.428. The van der Waals surface area contributed by atoms with Gasteiger partial charge in [-0.1, -0.05) is 0 Å². The molecule has 0 aliphatic heterocycles. The minimum Gasteiger partial charge on any atom is -0.357 e. The molecule has 3 N–H and O–H groups in total. The Morgan fingerprint density at radius 1 is 1.18 bits per heavy atom. The second-order valence-electron chi connectivity index (χ2n) is 5.77. The molecule has 1 fully saturated rings. The van der Waals surface area contributed by atoms with E-state index in [9.17, 15) is 0 Å². The van der Waals surface area contributed by atoms with Crippen molar-refractivity contribution in [1.29, 1.82) is 0 Å². The van der Waals surface area contributed by atoms with E-state index in [-0.39, 0.29) is 5.54 Å². The first-order valence-corrected chi connectivity index (χ1v) is 6.78. The number of guanidine groups is 1. The maximum absolute atomic E-state index is 4.58. The maximum atomic E-state index is 4.58. The van der Waals surface area contributed by atoms with Crippen molar-refractivity contribution in [2.24, 2.45) is 10.9 Å². The van der Waals surface area contributed by atoms with Crippen LogP contribution < -0.4 is 16.0 Å². The molecule has 1 aliphatic carbocycles. The monoisotopic (exact) mass is 240 g/mol. The van der Waals surface area contributed by atoms with Crippen LogP contribution in [0.5, 0.6) is 0 Å². The Kier molecular flexibility index (Phi) is 5.75. The molecule has 0 saturated heterocycles. The average molecular weight is 240 g/mol. The van der Waals surface area contributed by atoms with Gasteiger partial charge in [-0.2, -0.15) is 0 Å². The zero-order chi connectivity index (χ0) is 12.7. The van der Waals surface area contributed by atoms with E-state index in [2.05, 4.69) is 48.6 Å². The topological polar surface area (TPSA) is 48.5 Å². The van der Waals surface area contributed by atoms with Crippen molar-refractivity contribution in [3.05, 3.63) is 0 Å². The molecule has 0 bridgehead atoms. The van der Waals surface area contributed by atoms with Crippen molar-refractivity contribution in [3.63, 3.8) is 0 Å². The third kappa shape index (κ3) is 8.02. The predicted molar refractivity (Wildman–Crippen MR) is 74.5 cm³/mol. The van der Waals surface area contributed by atoms with Gasteiger partial charge in [0.15, 0.2) is 5.96 Å². The molecule has 0 aromatic heterocycles. The fourth-order valence-electron chi connectivity index (χ4n) is 1.48. The third-order valence-electron chi connectivity index (χ3n) is 2.62. The molecule has 0 aromatic carbocycles. The van der Waals surface area contributed by atoms with Gasteiger partial charge in [0, 0.05) is 31.7 Å². The molecule has 0 atom stereocenters. The predicted octanol–water partition coefficient (Wildman–Crippen LogP) is 1.34. The van der Waals surface area contributed by atoms with Crippen molar-refractivity contribution in [2.45, 2.75) is 46.1 Å². The molecule has 0 amide bonds. The number of rotatable bonds is 6. The normalized spacial score (nSPS) is 17.1. The Balaban J connectivity index is 2.16. The summed E-state index contributed by atoms with van der Waals surface area (Å²) in [5.41, 5.74) is 0.186. The van der Waals surface area contributed by atoms with Crippen LogP contribution >= 0.6 is 0 Å². The molecule has 4 nitrogen and oxygen atoms in total. The smallest absolute Gasteiger partial charge is 0.191 e. The van der Waals surface area contributed by atoms with Gasteiger partial charge >= 0.3 is 0 Å². The van der Waals surface area contributed by atoms with E-state index < -0.39 is 0 Å². The summed E-state index contributed by atoms with van der Waals surface area (Å²) in [6.45, 7) is 12.4. The van der Waals surface area contributed by atoms with Crippen LogP contribution in [0, 0.1) is 5.92 Å². The summed E-state index contributed by atoms with van der Waals surface area (Å²) in [6, 6.07) is 0. The van der Waals surface area contributed by atoms with Crippen LogP contribution in [0.15, 0.2) is 4.99 Å². The first-order chi connectivity index (χ1) is 8.01. The molecule has 0 aromatic rings. The Morgan fingerprint density at radius 2 is 1.88 bits per heavy atom. The Morgan fingerprint density at radius 3 is 2.41 bits per heavy atom. The number of nitrogens with zero attached hydrogens (tertiary/aromatic N) is 1. The highest BCUT2D eigenvalue weighted by molar-refractivity contribution is 5.79. The molecule has 0 unspecified atom stereocenters. The zero-order valence-electron chi connectivity index (χ0n) is 11.8. The molecular weight excluding hydrogens is 212 g/mol. The van der Waals surface area contributed by atoms with E-state index in [1.165, 1.54) is 12.8 Å². The number of nitrogens with one attached hydrogen (secondary N) is 3. The van der Waals surface area contributed by atoms with E-state index >= 15 is 0 Å². The van der Waals surface area contributed by atoms with Crippen molar-refractivity contribution in [3.8, 4) is 0 Å². The van der Waals surface area contributed by atoms with Gasteiger partial charge in [-0.3, -0.25) is 4.99 Å². The van der Waals surface area contributed by atoms with Gasteiger partial charge < -0.3 is 16.0 Å². The lowest BCUT2D eigenvalue weighted by atomic mass is 10.1. The Hall–Kier alpha value is -0.770. The van der Waals surface area contributed by atoms with E-state index in [1.807, 2.05) is 0 Å². The zero-order valence-corrected chi connectivity index (χ0v) is 11.8. The summed E-state index contributed by atoms with van der Waals surface area (Å²) in [5.74, 6) is 1.80. The van der Waals surface area contributed by atoms with Crippen molar-refractivity contribution >= 4 is 5.96 Å². The number of hydrogen-bond donors (Lipinski definition) is 3. The summed E-state index contributed by atoms with van der Waals surface area (Å²) in [6.07, 6.45) is 2.71. The van der Waals surface area contributed by atoms with Crippen molar-refractivity contribution < 1.29 is 0 Å². The minimum absolute atomic E-state index is 0.186. The SMILES string of the molecule is CCNC(=NCC1CC1)NCCNC(C)(C)C. The largest absolute Gasteiger partial charge is 0.357 e. The molecule has 0 heterocycles. The summed E-state index contributed by atoms with van der Waals surface area (Å²) < 4.78 is 0. The van der Waals surface area contributed by atoms with Gasteiger partial charge in [-0.05, 0) is 46.5 Å². The summed E-state index contributed by atoms with van der Waals surface area (Å²) in [4.78, 5) is 4.58. The lowest BCUT2D eigenvalue weighted by Crippen LogP contribution is -2.44. The highest BCUT2D eigenvalue weighted by Crippen LogP contribution is 2.28. The van der Waals surface area contributed by atoms with Crippen LogP contribution in [-0.2, 0) is 0 Å². The van der Waals surface area contributed by atoms with Gasteiger partial charge in [0.05, 0.1) is 0 Å². The van der Waals surface area contributed by atoms with Crippen molar-refractivity contribution in [2.75, 3.05) is 26.2 Å². The molecule has 1 rings (SSSR count). The van der Waals surface area contributed by atoms with Crippen LogP contribution in [0.2, 0.25) is 0 Å². The van der Waals surface area contributed by atoms with E-state index in [0.717, 1.165) is 38.1 Å². The van der Waals surface area contributed by atoms with Crippen molar-refractivity contribution in [1.82, 2.24) is 16.0 Å². The fraction of sp³-hybridized carbons (Fsp3) is 0.923. The quantitative estimate of drug-likeness (QED) is 0.373. The fourth-order valence-corrected chi connectivity index (χ4v) is 1.48. The van der Waals surface area contributed by atoms with Gasteiger partial charge in [0.2, 0.25) is 0 Å². The first-order valence-electron chi connectivity index (χ1n) is 6.78. The highest BCUT2D eigenvalue weighted by Gasteiger charge is 2.20. The van der Waals surface area contributed by atoms with Gasteiger partial charge in [0.25, 0.3) is 0 Å². The van der Waals surface area contributed by atoms with Gasteiger partial charge in [0.1, 0.15) is 0 Å². The molecule has 4 heteroatoms. The summed E-state index contributed by atoms with van der Waals surface area (Å²) >= 11 is 0. The first kappa shape index (κ1) is 14.3. The van der Waals surface area contributed by atoms with Crippen LogP contribution in [0.3, 0.4) is 0 Å². The summed E-state index contributed by atoms with van der Waals surface area (Å²) in [5, 5.41) is 10.1. The molecule has 1 saturated carbocycles. The second kappa shape index (κ2) is 6.84. The van der Waals surface area contributed by atoms with Crippen LogP contribution in [0.25, 0.3) is 0 Å². The standard InChI is InChI=1S/C13H28N4/c1-5-14-12(16-10-11-6-7-11)15-8-9-17-13(2,3)4/h11,17H,5-10H2,1-4H3,(H2,14,15,16). The van der Waals surface area contributed by atoms with Gasteiger partial charge in [-0.25, -0.2) is 0 Å². The summed E-state index contributed by atoms with van der Waals surface area (Å²) in [7, 11) is 0. The Labute approximate surface area is 106 Å². The van der Waals surface area contributed by atoms with Crippen LogP contribution in [0.1, 0.15) is 40.5 Å². The minimum atomic E-state index is 0.186. The molecular formula is C13H28N4. The highest BCUT2D eigenvalue weighted by atomic mass is 15.2. The number of hydrogen-bond acceptors (Lipinski definition) is 2. The maximum Gasteiger partial charge on any atom is 0.191 e. The molecule has 17 heavy (non-hydrogen) atoms. The number of aliphatic imine (C=N–C) groups is 1. The average Bonchev–Trinajstić information content (AvgIpc) is 3.03. The van der Waals surface area contributed by atoms with Crippen LogP contribution in [-0.4, -0.2) is 37.7 Å². The van der Waals surface area contributed by atoms with Gasteiger partial charge in [-0.15, -0.1) is 0 Å². The second-order valence-corrected chi connectivity index (χ2v) is 5.77. The molecule has 0 spiro atoms. The Bertz CT molecular complexity index is 238.